The van der Waals surface area contributed by atoms with E-state index in [1.807, 2.05) is 0 Å². The average molecular weight is 197 g/mol. The zero-order chi connectivity index (χ0) is 9.64. The topological polar surface area (TPSA) is 60.2 Å². The van der Waals surface area contributed by atoms with Gasteiger partial charge in [-0.05, 0) is 12.3 Å². The molecule has 1 N–H and O–H groups in total. The third-order valence-electron chi connectivity index (χ3n) is 2.39. The highest BCUT2D eigenvalue weighted by Crippen LogP contribution is 2.10. The number of ether oxygens (including phenoxy) is 1. The van der Waals surface area contributed by atoms with Gasteiger partial charge in [0.25, 0.3) is 0 Å². The zero-order valence-corrected chi connectivity index (χ0v) is 8.11. The summed E-state index contributed by atoms with van der Waals surface area (Å²) in [4.78, 5) is 3.94. The van der Waals surface area contributed by atoms with Crippen molar-refractivity contribution < 1.29 is 9.26 Å². The first-order valence-electron chi connectivity index (χ1n) is 4.99. The Balaban J connectivity index is 1.55. The molecule has 1 aromatic heterocycles. The van der Waals surface area contributed by atoms with Crippen molar-refractivity contribution in [3.63, 3.8) is 0 Å². The van der Waals surface area contributed by atoms with Gasteiger partial charge in [-0.1, -0.05) is 5.16 Å². The molecule has 2 heterocycles. The van der Waals surface area contributed by atoms with Gasteiger partial charge in [0.2, 0.25) is 6.39 Å². The maximum absolute atomic E-state index is 5.28. The van der Waals surface area contributed by atoms with E-state index in [0.717, 1.165) is 38.5 Å². The van der Waals surface area contributed by atoms with Crippen molar-refractivity contribution in [2.45, 2.75) is 12.8 Å². The van der Waals surface area contributed by atoms with E-state index in [9.17, 15) is 0 Å². The first-order valence-corrected chi connectivity index (χ1v) is 4.99. The number of nitrogens with one attached hydrogen (secondary N) is 1. The molecule has 1 aliphatic rings. The van der Waals surface area contributed by atoms with Crippen molar-refractivity contribution in [2.75, 3.05) is 26.3 Å². The molecule has 1 aromatic rings. The monoisotopic (exact) mass is 197 g/mol. The molecular weight excluding hydrogens is 182 g/mol. The molecule has 0 spiro atoms. The van der Waals surface area contributed by atoms with Gasteiger partial charge in [0.05, 0.1) is 6.61 Å². The fraction of sp³-hybridized carbons (Fsp3) is 0.778. The van der Waals surface area contributed by atoms with Crippen LogP contribution in [0.3, 0.4) is 0 Å². The van der Waals surface area contributed by atoms with Crippen LogP contribution in [0.4, 0.5) is 0 Å². The number of hydrogen-bond acceptors (Lipinski definition) is 5. The van der Waals surface area contributed by atoms with Crippen LogP contribution in [0.2, 0.25) is 0 Å². The Labute approximate surface area is 82.8 Å². The molecular formula is C9H15N3O2. The molecule has 78 valence electrons. The normalized spacial score (nSPS) is 21.6. The molecule has 0 aromatic carbocycles. The summed E-state index contributed by atoms with van der Waals surface area (Å²) in [6.45, 7) is 3.74. The lowest BCUT2D eigenvalue weighted by molar-refractivity contribution is 0.185. The number of aromatic nitrogens is 2. The number of nitrogens with zero attached hydrogens (tertiary/aromatic N) is 2. The molecule has 0 radical (unpaired) electrons. The van der Waals surface area contributed by atoms with Crippen LogP contribution in [0, 0.1) is 5.92 Å². The van der Waals surface area contributed by atoms with E-state index in [1.165, 1.54) is 12.8 Å². The number of hydrogen-bond donors (Lipinski definition) is 1. The molecule has 14 heavy (non-hydrogen) atoms. The Morgan fingerprint density at radius 1 is 1.57 bits per heavy atom. The molecule has 5 heteroatoms. The summed E-state index contributed by atoms with van der Waals surface area (Å²) in [7, 11) is 0. The molecule has 0 bridgehead atoms. The summed E-state index contributed by atoms with van der Waals surface area (Å²) in [6, 6.07) is 0. The Bertz CT molecular complexity index is 245. The van der Waals surface area contributed by atoms with E-state index in [4.69, 9.17) is 4.74 Å². The lowest BCUT2D eigenvalue weighted by Crippen LogP contribution is -2.25. The highest BCUT2D eigenvalue weighted by Gasteiger charge is 2.14. The SMILES string of the molecule is c1nc(CCNCC2CCOC2)no1. The van der Waals surface area contributed by atoms with Crippen molar-refractivity contribution in [1.29, 1.82) is 0 Å². The van der Waals surface area contributed by atoms with Crippen LogP contribution < -0.4 is 5.32 Å². The second-order valence-corrected chi connectivity index (χ2v) is 3.53. The third kappa shape index (κ3) is 2.78. The van der Waals surface area contributed by atoms with Gasteiger partial charge >= 0.3 is 0 Å². The summed E-state index contributed by atoms with van der Waals surface area (Å²) < 4.78 is 9.92. The summed E-state index contributed by atoms with van der Waals surface area (Å²) in [5.74, 6) is 1.44. The molecule has 2 rings (SSSR count). The highest BCUT2D eigenvalue weighted by molar-refractivity contribution is 4.79. The summed E-state index contributed by atoms with van der Waals surface area (Å²) in [5, 5.41) is 7.10. The largest absolute Gasteiger partial charge is 0.381 e. The minimum Gasteiger partial charge on any atom is -0.381 e. The van der Waals surface area contributed by atoms with Crippen LogP contribution in [0.5, 0.6) is 0 Å². The second kappa shape index (κ2) is 5.07. The first kappa shape index (κ1) is 9.61. The summed E-state index contributed by atoms with van der Waals surface area (Å²) >= 11 is 0. The lowest BCUT2D eigenvalue weighted by atomic mass is 10.1. The summed E-state index contributed by atoms with van der Waals surface area (Å²) in [5.41, 5.74) is 0. The van der Waals surface area contributed by atoms with E-state index in [0.29, 0.717) is 5.92 Å². The van der Waals surface area contributed by atoms with Gasteiger partial charge < -0.3 is 14.6 Å². The van der Waals surface area contributed by atoms with Gasteiger partial charge in [-0.2, -0.15) is 4.98 Å². The van der Waals surface area contributed by atoms with Gasteiger partial charge in [-0.25, -0.2) is 0 Å². The minimum absolute atomic E-state index is 0.681. The van der Waals surface area contributed by atoms with Gasteiger partial charge in [-0.15, -0.1) is 0 Å². The van der Waals surface area contributed by atoms with Crippen molar-refractivity contribution in [2.24, 2.45) is 5.92 Å². The van der Waals surface area contributed by atoms with Gasteiger partial charge in [-0.3, -0.25) is 0 Å². The maximum atomic E-state index is 5.28. The van der Waals surface area contributed by atoms with Crippen molar-refractivity contribution in [3.05, 3.63) is 12.2 Å². The predicted molar refractivity (Wildman–Crippen MR) is 49.8 cm³/mol. The smallest absolute Gasteiger partial charge is 0.213 e. The zero-order valence-electron chi connectivity index (χ0n) is 8.11. The maximum Gasteiger partial charge on any atom is 0.213 e. The van der Waals surface area contributed by atoms with Crippen LogP contribution in [-0.4, -0.2) is 36.4 Å². The van der Waals surface area contributed by atoms with Crippen LogP contribution in [0.25, 0.3) is 0 Å². The minimum atomic E-state index is 0.681. The van der Waals surface area contributed by atoms with Gasteiger partial charge in [0, 0.05) is 26.1 Å². The number of rotatable bonds is 5. The van der Waals surface area contributed by atoms with Crippen LogP contribution in [0.15, 0.2) is 10.9 Å². The Hall–Kier alpha value is -0.940. The fourth-order valence-corrected chi connectivity index (χ4v) is 1.55. The highest BCUT2D eigenvalue weighted by atomic mass is 16.5. The standard InChI is InChI=1S/C9H15N3O2/c1(9-11-7-14-12-9)3-10-5-8-2-4-13-6-8/h7-8,10H,1-6H2. The molecule has 1 aliphatic heterocycles. The second-order valence-electron chi connectivity index (χ2n) is 3.53. The van der Waals surface area contributed by atoms with E-state index in [1.54, 1.807) is 0 Å². The predicted octanol–water partition coefficient (Wildman–Crippen LogP) is 0.238. The molecule has 1 atom stereocenters. The van der Waals surface area contributed by atoms with Crippen LogP contribution in [-0.2, 0) is 11.2 Å². The van der Waals surface area contributed by atoms with Crippen LogP contribution >= 0.6 is 0 Å². The van der Waals surface area contributed by atoms with Crippen molar-refractivity contribution in [3.8, 4) is 0 Å². The van der Waals surface area contributed by atoms with E-state index in [2.05, 4.69) is 20.0 Å². The fourth-order valence-electron chi connectivity index (χ4n) is 1.55. The molecule has 0 aliphatic carbocycles. The van der Waals surface area contributed by atoms with Crippen molar-refractivity contribution in [1.82, 2.24) is 15.5 Å². The molecule has 1 fully saturated rings. The molecule has 0 amide bonds. The first-order chi connectivity index (χ1) is 6.95. The van der Waals surface area contributed by atoms with Gasteiger partial charge in [0.15, 0.2) is 5.82 Å². The molecule has 1 saturated heterocycles. The summed E-state index contributed by atoms with van der Waals surface area (Å²) in [6.07, 6.45) is 3.36. The molecule has 0 saturated carbocycles. The van der Waals surface area contributed by atoms with Crippen molar-refractivity contribution >= 4 is 0 Å². The Morgan fingerprint density at radius 3 is 3.29 bits per heavy atom. The van der Waals surface area contributed by atoms with E-state index >= 15 is 0 Å². The Morgan fingerprint density at radius 2 is 2.57 bits per heavy atom. The third-order valence-corrected chi connectivity index (χ3v) is 2.39. The lowest BCUT2D eigenvalue weighted by Gasteiger charge is -2.07. The average Bonchev–Trinajstić information content (AvgIpc) is 2.86. The van der Waals surface area contributed by atoms with E-state index < -0.39 is 0 Å². The van der Waals surface area contributed by atoms with Crippen LogP contribution in [0.1, 0.15) is 12.2 Å². The van der Waals surface area contributed by atoms with Gasteiger partial charge in [0.1, 0.15) is 0 Å². The molecule has 5 nitrogen and oxygen atoms in total. The van der Waals surface area contributed by atoms with E-state index in [-0.39, 0.29) is 0 Å². The Kier molecular flexibility index (Phi) is 3.48. The molecule has 1 unspecified atom stereocenters. The quantitative estimate of drug-likeness (QED) is 0.685.